The van der Waals surface area contributed by atoms with E-state index in [0.29, 0.717) is 30.0 Å². The Morgan fingerprint density at radius 3 is 2.55 bits per heavy atom. The fraction of sp³-hybridized carbons (Fsp3) is 0.425. The Kier molecular flexibility index (Phi) is 9.16. The van der Waals surface area contributed by atoms with Gasteiger partial charge < -0.3 is 10.2 Å². The van der Waals surface area contributed by atoms with Crippen LogP contribution < -0.4 is 16.3 Å². The van der Waals surface area contributed by atoms with E-state index in [4.69, 9.17) is 10.4 Å². The third-order valence-corrected chi connectivity index (χ3v) is 11.6. The summed E-state index contributed by atoms with van der Waals surface area (Å²) in [5.41, 5.74) is 5.75. The highest BCUT2D eigenvalue weighted by Gasteiger charge is 2.34. The molecule has 2 aliphatic heterocycles. The first-order valence-corrected chi connectivity index (χ1v) is 18.6. The SMILES string of the molecule is Cc1ccc2c(c1C1CCN(CC3CCC(n4cc5cc(NC(=O)c6cccc(C#N)n6)ccc5n4)CC3)CC1)n(C)c(=O)n2C1CCC(=O)NC1=O. The van der Waals surface area contributed by atoms with Gasteiger partial charge >= 0.3 is 5.69 Å². The monoisotopic (exact) mass is 713 g/mol. The van der Waals surface area contributed by atoms with Crippen LogP contribution in [0.1, 0.15) is 96.7 Å². The lowest BCUT2D eigenvalue weighted by Gasteiger charge is -2.37. The molecule has 8 rings (SSSR count). The van der Waals surface area contributed by atoms with Crippen LogP contribution in [0, 0.1) is 24.2 Å². The van der Waals surface area contributed by atoms with Crippen LogP contribution >= 0.6 is 0 Å². The molecule has 2 N–H and O–H groups in total. The number of hydrogen-bond acceptors (Lipinski definition) is 8. The van der Waals surface area contributed by atoms with Gasteiger partial charge in [0.05, 0.1) is 22.6 Å². The minimum atomic E-state index is -0.685. The van der Waals surface area contributed by atoms with Crippen LogP contribution in [-0.2, 0) is 16.6 Å². The summed E-state index contributed by atoms with van der Waals surface area (Å²) in [4.78, 5) is 57.5. The zero-order valence-corrected chi connectivity index (χ0v) is 30.0. The molecule has 1 aliphatic carbocycles. The van der Waals surface area contributed by atoms with Crippen LogP contribution in [-0.4, -0.2) is 66.2 Å². The number of likely N-dealkylation sites (tertiary alicyclic amines) is 1. The number of anilines is 1. The number of nitrogens with one attached hydrogen (secondary N) is 2. The van der Waals surface area contributed by atoms with Crippen LogP contribution in [0.5, 0.6) is 0 Å². The van der Waals surface area contributed by atoms with E-state index in [1.165, 1.54) is 5.56 Å². The van der Waals surface area contributed by atoms with Gasteiger partial charge in [0, 0.05) is 37.3 Å². The van der Waals surface area contributed by atoms with Gasteiger partial charge in [-0.15, -0.1) is 0 Å². The van der Waals surface area contributed by atoms with Crippen molar-refractivity contribution in [3.8, 4) is 6.07 Å². The summed E-state index contributed by atoms with van der Waals surface area (Å²) < 4.78 is 5.38. The topological polar surface area (TPSA) is 160 Å². The molecule has 2 saturated heterocycles. The molecular weight excluding hydrogens is 670 g/mol. The molecule has 13 heteroatoms. The number of rotatable bonds is 7. The van der Waals surface area contributed by atoms with Gasteiger partial charge in [0.2, 0.25) is 11.8 Å². The molecule has 5 heterocycles. The first-order chi connectivity index (χ1) is 25.7. The number of pyridine rings is 1. The van der Waals surface area contributed by atoms with Gasteiger partial charge in [-0.05, 0) is 124 Å². The Balaban J connectivity index is 0.874. The van der Waals surface area contributed by atoms with Crippen molar-refractivity contribution < 1.29 is 14.4 Å². The van der Waals surface area contributed by atoms with Gasteiger partial charge in [0.15, 0.2) is 0 Å². The lowest BCUT2D eigenvalue weighted by Crippen LogP contribution is -2.44. The number of benzene rings is 2. The number of piperidine rings is 2. The summed E-state index contributed by atoms with van der Waals surface area (Å²) in [5.74, 6) is -0.103. The number of nitriles is 1. The van der Waals surface area contributed by atoms with E-state index in [9.17, 15) is 19.2 Å². The quantitative estimate of drug-likeness (QED) is 0.220. The predicted molar refractivity (Wildman–Crippen MR) is 199 cm³/mol. The van der Waals surface area contributed by atoms with Crippen LogP contribution in [0.15, 0.2) is 59.5 Å². The Morgan fingerprint density at radius 2 is 1.79 bits per heavy atom. The zero-order chi connectivity index (χ0) is 36.8. The Labute approximate surface area is 306 Å². The van der Waals surface area contributed by atoms with Gasteiger partial charge in [-0.1, -0.05) is 12.1 Å². The molecule has 3 amide bonds. The molecule has 1 unspecified atom stereocenters. The molecule has 13 nitrogen and oxygen atoms in total. The third kappa shape index (κ3) is 6.63. The second kappa shape index (κ2) is 14.1. The average molecular weight is 714 g/mol. The first kappa shape index (κ1) is 34.5. The Bertz CT molecular complexity index is 2350. The van der Waals surface area contributed by atoms with Crippen LogP contribution in [0.25, 0.3) is 21.9 Å². The van der Waals surface area contributed by atoms with Crippen LogP contribution in [0.4, 0.5) is 5.69 Å². The minimum absolute atomic E-state index is 0.195. The van der Waals surface area contributed by atoms with E-state index in [0.717, 1.165) is 85.7 Å². The number of amides is 3. The average Bonchev–Trinajstić information content (AvgIpc) is 3.70. The van der Waals surface area contributed by atoms with Crippen LogP contribution in [0.3, 0.4) is 0 Å². The number of aryl methyl sites for hydroxylation is 2. The second-order valence-corrected chi connectivity index (χ2v) is 14.9. The van der Waals surface area contributed by atoms with E-state index >= 15 is 0 Å². The molecule has 3 fully saturated rings. The lowest BCUT2D eigenvalue weighted by molar-refractivity contribution is -0.135. The molecule has 3 aromatic heterocycles. The molecule has 53 heavy (non-hydrogen) atoms. The van der Waals surface area contributed by atoms with E-state index in [1.54, 1.807) is 34.4 Å². The van der Waals surface area contributed by atoms with Crippen molar-refractivity contribution in [2.24, 2.45) is 13.0 Å². The number of aromatic nitrogens is 5. The normalized spacial score (nSPS) is 21.5. The van der Waals surface area contributed by atoms with Crippen molar-refractivity contribution in [1.29, 1.82) is 5.26 Å². The van der Waals surface area contributed by atoms with Crippen molar-refractivity contribution in [2.75, 3.05) is 25.0 Å². The maximum Gasteiger partial charge on any atom is 0.329 e. The molecule has 1 saturated carbocycles. The Hall–Kier alpha value is -5.61. The molecule has 1 atom stereocenters. The minimum Gasteiger partial charge on any atom is -0.321 e. The standard InChI is InChI=1S/C40H43N9O4/c1-24-6-13-33-37(46(2)40(53)49(33)34-14-15-35(50)44-39(34)52)36(24)26-16-18-47(19-17-26)22-25-7-10-30(11-8-25)48-23-27-20-28(9-12-31(27)45-48)43-38(51)32-5-3-4-29(21-41)42-32/h3-6,9,12-13,20,23,25-26,30,34H,7-8,10-11,14-19,22H2,1-2H3,(H,43,51)(H,44,50,52). The summed E-state index contributed by atoms with van der Waals surface area (Å²) >= 11 is 0. The molecule has 0 radical (unpaired) electrons. The smallest absolute Gasteiger partial charge is 0.321 e. The predicted octanol–water partition coefficient (Wildman–Crippen LogP) is 5.11. The Morgan fingerprint density at radius 1 is 1.00 bits per heavy atom. The number of carbonyl (C=O) groups is 3. The summed E-state index contributed by atoms with van der Waals surface area (Å²) in [6.45, 7) is 5.21. The largest absolute Gasteiger partial charge is 0.329 e. The van der Waals surface area contributed by atoms with Crippen molar-refractivity contribution in [1.82, 2.24) is 34.1 Å². The highest BCUT2D eigenvalue weighted by atomic mass is 16.2. The maximum atomic E-state index is 13.5. The summed E-state index contributed by atoms with van der Waals surface area (Å²) in [6.07, 6.45) is 9.08. The number of imidazole rings is 1. The van der Waals surface area contributed by atoms with Gasteiger partial charge in [-0.25, -0.2) is 9.78 Å². The highest BCUT2D eigenvalue weighted by molar-refractivity contribution is 6.04. The number of imide groups is 1. The van der Waals surface area contributed by atoms with E-state index in [2.05, 4.69) is 44.4 Å². The number of nitrogens with zero attached hydrogens (tertiary/aromatic N) is 7. The maximum absolute atomic E-state index is 13.5. The van der Waals surface area contributed by atoms with E-state index < -0.39 is 11.9 Å². The molecule has 3 aliphatic rings. The first-order valence-electron chi connectivity index (χ1n) is 18.6. The highest BCUT2D eigenvalue weighted by Crippen LogP contribution is 2.38. The molecule has 272 valence electrons. The fourth-order valence-corrected chi connectivity index (χ4v) is 8.84. The third-order valence-electron chi connectivity index (χ3n) is 11.6. The summed E-state index contributed by atoms with van der Waals surface area (Å²) in [5, 5.41) is 20.2. The van der Waals surface area contributed by atoms with E-state index in [1.807, 2.05) is 30.3 Å². The molecule has 0 spiro atoms. The van der Waals surface area contributed by atoms with Crippen molar-refractivity contribution in [3.63, 3.8) is 0 Å². The summed E-state index contributed by atoms with van der Waals surface area (Å²) in [7, 11) is 1.79. The number of carbonyl (C=O) groups excluding carboxylic acids is 3. The van der Waals surface area contributed by atoms with Crippen LogP contribution in [0.2, 0.25) is 0 Å². The molecule has 0 bridgehead atoms. The van der Waals surface area contributed by atoms with Gasteiger partial charge in [0.1, 0.15) is 23.5 Å². The van der Waals surface area contributed by atoms with Gasteiger partial charge in [-0.3, -0.25) is 33.5 Å². The number of hydrogen-bond donors (Lipinski definition) is 2. The van der Waals surface area contributed by atoms with Gasteiger partial charge in [0.25, 0.3) is 5.91 Å². The van der Waals surface area contributed by atoms with E-state index in [-0.39, 0.29) is 35.3 Å². The lowest BCUT2D eigenvalue weighted by atomic mass is 9.83. The fourth-order valence-electron chi connectivity index (χ4n) is 8.84. The molecule has 5 aromatic rings. The van der Waals surface area contributed by atoms with Gasteiger partial charge in [-0.2, -0.15) is 10.4 Å². The van der Waals surface area contributed by atoms with Crippen molar-refractivity contribution in [2.45, 2.75) is 76.3 Å². The number of fused-ring (bicyclic) bond motifs is 2. The van der Waals surface area contributed by atoms with Crippen molar-refractivity contribution >= 4 is 45.3 Å². The second-order valence-electron chi connectivity index (χ2n) is 14.9. The summed E-state index contributed by atoms with van der Waals surface area (Å²) in [6, 6.07) is 16.1. The molecule has 2 aromatic carbocycles. The van der Waals surface area contributed by atoms with Crippen molar-refractivity contribution in [3.05, 3.63) is 87.7 Å². The zero-order valence-electron chi connectivity index (χ0n) is 30.0. The molecular formula is C40H43N9O4.